The Balaban J connectivity index is 3.79. The molecule has 0 amide bonds. The van der Waals surface area contributed by atoms with Gasteiger partial charge in [0.25, 0.3) is 0 Å². The summed E-state index contributed by atoms with van der Waals surface area (Å²) >= 11 is 4.85. The fourth-order valence-electron chi connectivity index (χ4n) is 0. The predicted molar refractivity (Wildman–Crippen MR) is 26.0 cm³/mol. The maximum atomic E-state index is 11.9. The highest BCUT2D eigenvalue weighted by molar-refractivity contribution is 6.33. The molecule has 0 spiro atoms. The van der Waals surface area contributed by atoms with Crippen molar-refractivity contribution in [3.05, 3.63) is 0 Å². The average molecular weight is 125 g/mol. The first kappa shape index (κ1) is 6.89. The number of rotatable bonds is 1. The van der Waals surface area contributed by atoms with E-state index in [0.29, 0.717) is 0 Å². The largest absolute Gasteiger partial charge is 0.295 e. The Morgan fingerprint density at radius 2 is 2.00 bits per heavy atom. The van der Waals surface area contributed by atoms with Crippen LogP contribution in [0.3, 0.4) is 0 Å². The Morgan fingerprint density at radius 1 is 1.86 bits per heavy atom. The van der Waals surface area contributed by atoms with E-state index in [-0.39, 0.29) is 0 Å². The first-order valence-electron chi connectivity index (χ1n) is 1.83. The van der Waals surface area contributed by atoms with Gasteiger partial charge < -0.3 is 0 Å². The molecule has 42 valence electrons. The zero-order chi connectivity index (χ0) is 6.08. The number of hydrogen-bond donors (Lipinski definition) is 0. The topological polar surface area (TPSA) is 17.1 Å². The third-order valence-corrected chi connectivity index (χ3v) is 0.884. The summed E-state index contributed by atoms with van der Waals surface area (Å²) in [7, 11) is 0. The van der Waals surface area contributed by atoms with Gasteiger partial charge in [-0.2, -0.15) is 0 Å². The predicted octanol–water partition coefficient (Wildman–Crippen LogP) is 1.50. The molecule has 0 aliphatic rings. The molecule has 0 aromatic carbocycles. The molecule has 7 heavy (non-hydrogen) atoms. The normalized spacial score (nSPS) is 18.3. The first-order valence-corrected chi connectivity index (χ1v) is 2.21. The van der Waals surface area contributed by atoms with Crippen LogP contribution in [0.15, 0.2) is 0 Å². The van der Waals surface area contributed by atoms with Crippen LogP contribution in [0.5, 0.6) is 0 Å². The van der Waals surface area contributed by atoms with Gasteiger partial charge in [0.15, 0.2) is 5.78 Å². The van der Waals surface area contributed by atoms with Crippen LogP contribution in [0.2, 0.25) is 0 Å². The molecule has 0 N–H and O–H groups in total. The minimum Gasteiger partial charge on any atom is -0.295 e. The van der Waals surface area contributed by atoms with Crippen molar-refractivity contribution >= 4 is 17.4 Å². The summed E-state index contributed by atoms with van der Waals surface area (Å²) in [6.45, 7) is 2.11. The van der Waals surface area contributed by atoms with E-state index >= 15 is 0 Å². The third-order valence-electron chi connectivity index (χ3n) is 0.618. The highest BCUT2D eigenvalue weighted by Crippen LogP contribution is 2.15. The lowest BCUT2D eigenvalue weighted by Gasteiger charge is -2.02. The lowest BCUT2D eigenvalue weighted by Crippen LogP contribution is -2.18. The minimum absolute atomic E-state index is 0.658. The van der Waals surface area contributed by atoms with Crippen LogP contribution in [-0.4, -0.2) is 10.9 Å². The molecule has 0 radical (unpaired) electrons. The molecular formula is C4H6ClFO. The third kappa shape index (κ3) is 2.57. The lowest BCUT2D eigenvalue weighted by atomic mass is 10.3. The highest BCUT2D eigenvalue weighted by atomic mass is 35.5. The van der Waals surface area contributed by atoms with Crippen LogP contribution in [0.1, 0.15) is 13.8 Å². The summed E-state index contributed by atoms with van der Waals surface area (Å²) in [5, 5.41) is -2.17. The van der Waals surface area contributed by atoms with Gasteiger partial charge in [0.1, 0.15) is 0 Å². The molecule has 0 saturated carbocycles. The molecule has 0 aromatic heterocycles. The van der Waals surface area contributed by atoms with E-state index in [9.17, 15) is 9.18 Å². The molecule has 0 rings (SSSR count). The number of hydrogen-bond acceptors (Lipinski definition) is 1. The lowest BCUT2D eigenvalue weighted by molar-refractivity contribution is -0.122. The van der Waals surface area contributed by atoms with Crippen LogP contribution < -0.4 is 0 Å². The van der Waals surface area contributed by atoms with Crippen LogP contribution in [-0.2, 0) is 4.79 Å². The van der Waals surface area contributed by atoms with Gasteiger partial charge in [-0.1, -0.05) is 11.6 Å². The molecule has 1 atom stereocenters. The summed E-state index contributed by atoms with van der Waals surface area (Å²) < 4.78 is 11.9. The van der Waals surface area contributed by atoms with Gasteiger partial charge in [0.2, 0.25) is 5.13 Å². The average Bonchev–Trinajstić information content (AvgIpc) is 1.31. The molecule has 0 aliphatic heterocycles. The van der Waals surface area contributed by atoms with Crippen molar-refractivity contribution in [1.82, 2.24) is 0 Å². The maximum absolute atomic E-state index is 11.9. The summed E-state index contributed by atoms with van der Waals surface area (Å²) in [5.74, 6) is -0.658. The van der Waals surface area contributed by atoms with Crippen LogP contribution >= 0.6 is 11.6 Å². The first-order chi connectivity index (χ1) is 2.94. The van der Waals surface area contributed by atoms with Crippen molar-refractivity contribution in [2.75, 3.05) is 0 Å². The Kier molecular flexibility index (Phi) is 1.75. The number of ketones is 1. The van der Waals surface area contributed by atoms with Crippen molar-refractivity contribution in [2.45, 2.75) is 19.0 Å². The molecule has 0 fully saturated rings. The number of carbonyl (C=O) groups is 1. The van der Waals surface area contributed by atoms with Gasteiger partial charge in [-0.15, -0.1) is 0 Å². The van der Waals surface area contributed by atoms with Gasteiger partial charge in [-0.05, 0) is 13.8 Å². The summed E-state index contributed by atoms with van der Waals surface area (Å²) in [5.41, 5.74) is 0. The van der Waals surface area contributed by atoms with Gasteiger partial charge in [-0.25, -0.2) is 4.39 Å². The molecular weight excluding hydrogens is 118 g/mol. The van der Waals surface area contributed by atoms with Gasteiger partial charge in [0, 0.05) is 0 Å². The van der Waals surface area contributed by atoms with Gasteiger partial charge in [0.05, 0.1) is 0 Å². The minimum atomic E-state index is -2.17. The van der Waals surface area contributed by atoms with E-state index in [1.807, 2.05) is 0 Å². The van der Waals surface area contributed by atoms with Crippen molar-refractivity contribution in [3.63, 3.8) is 0 Å². The van der Waals surface area contributed by atoms with E-state index < -0.39 is 10.9 Å². The summed E-state index contributed by atoms with van der Waals surface area (Å²) in [6.07, 6.45) is 0. The Morgan fingerprint density at radius 3 is 2.00 bits per heavy atom. The molecule has 0 heterocycles. The molecule has 0 aromatic rings. The zero-order valence-electron chi connectivity index (χ0n) is 4.16. The molecule has 1 unspecified atom stereocenters. The van der Waals surface area contributed by atoms with E-state index in [2.05, 4.69) is 0 Å². The summed E-state index contributed by atoms with van der Waals surface area (Å²) in [6, 6.07) is 0. The SMILES string of the molecule is CC(=O)C(C)(F)Cl. The number of halogens is 2. The standard InChI is InChI=1S/C4H6ClFO/c1-3(7)4(2,5)6/h1-2H3. The zero-order valence-corrected chi connectivity index (χ0v) is 4.92. The van der Waals surface area contributed by atoms with E-state index in [4.69, 9.17) is 11.6 Å². The van der Waals surface area contributed by atoms with E-state index in [1.165, 1.54) is 0 Å². The second-order valence-electron chi connectivity index (χ2n) is 1.44. The molecule has 0 bridgehead atoms. The number of alkyl halides is 2. The van der Waals surface area contributed by atoms with Crippen molar-refractivity contribution in [2.24, 2.45) is 0 Å². The van der Waals surface area contributed by atoms with Crippen LogP contribution in [0, 0.1) is 0 Å². The van der Waals surface area contributed by atoms with Gasteiger partial charge >= 0.3 is 0 Å². The molecule has 0 saturated heterocycles. The molecule has 3 heteroatoms. The second-order valence-corrected chi connectivity index (χ2v) is 2.15. The Labute approximate surface area is 46.5 Å². The Hall–Kier alpha value is -0.110. The fourth-order valence-corrected chi connectivity index (χ4v) is 0. The smallest absolute Gasteiger partial charge is 0.238 e. The summed E-state index contributed by atoms with van der Waals surface area (Å²) in [4.78, 5) is 9.96. The monoisotopic (exact) mass is 124 g/mol. The van der Waals surface area contributed by atoms with Crippen molar-refractivity contribution < 1.29 is 9.18 Å². The molecule has 0 aliphatic carbocycles. The fraction of sp³-hybridized carbons (Fsp3) is 0.750. The van der Waals surface area contributed by atoms with Crippen molar-refractivity contribution in [3.8, 4) is 0 Å². The van der Waals surface area contributed by atoms with Crippen molar-refractivity contribution in [1.29, 1.82) is 0 Å². The van der Waals surface area contributed by atoms with Gasteiger partial charge in [-0.3, -0.25) is 4.79 Å². The second kappa shape index (κ2) is 1.78. The van der Waals surface area contributed by atoms with E-state index in [1.54, 1.807) is 0 Å². The van der Waals surface area contributed by atoms with Crippen LogP contribution in [0.25, 0.3) is 0 Å². The quantitative estimate of drug-likeness (QED) is 0.484. The maximum Gasteiger partial charge on any atom is 0.238 e. The molecule has 1 nitrogen and oxygen atoms in total. The van der Waals surface area contributed by atoms with Crippen LogP contribution in [0.4, 0.5) is 4.39 Å². The highest BCUT2D eigenvalue weighted by Gasteiger charge is 2.24. The number of Topliss-reactive ketones (excluding diaryl/α,β-unsaturated/α-hetero) is 1. The number of carbonyl (C=O) groups excluding carboxylic acids is 1. The van der Waals surface area contributed by atoms with E-state index in [0.717, 1.165) is 13.8 Å². The Bertz CT molecular complexity index is 84.2.